The fourth-order valence-corrected chi connectivity index (χ4v) is 2.74. The average Bonchev–Trinajstić information content (AvgIpc) is 2.97. The van der Waals surface area contributed by atoms with E-state index in [9.17, 15) is 4.79 Å². The Kier molecular flexibility index (Phi) is 4.78. The fourth-order valence-electron chi connectivity index (χ4n) is 2.29. The molecule has 0 saturated carbocycles. The molecule has 3 aromatic rings. The molecule has 25 heavy (non-hydrogen) atoms. The van der Waals surface area contributed by atoms with Crippen molar-refractivity contribution in [2.75, 3.05) is 11.9 Å². The molecule has 0 fully saturated rings. The number of anilines is 1. The van der Waals surface area contributed by atoms with Crippen LogP contribution >= 0.6 is 23.2 Å². The second-order valence-corrected chi connectivity index (χ2v) is 6.37. The van der Waals surface area contributed by atoms with Gasteiger partial charge in [-0.2, -0.15) is 14.8 Å². The summed E-state index contributed by atoms with van der Waals surface area (Å²) in [7, 11) is 1.76. The van der Waals surface area contributed by atoms with Gasteiger partial charge >= 0.3 is 0 Å². The van der Waals surface area contributed by atoms with Crippen LogP contribution in [0.1, 0.15) is 17.3 Å². The lowest BCUT2D eigenvalue weighted by molar-refractivity contribution is 0.387. The van der Waals surface area contributed by atoms with Crippen molar-refractivity contribution >= 4 is 28.9 Å². The summed E-state index contributed by atoms with van der Waals surface area (Å²) in [6, 6.07) is 5.25. The van der Waals surface area contributed by atoms with E-state index < -0.39 is 5.56 Å². The zero-order valence-electron chi connectivity index (χ0n) is 13.8. The highest BCUT2D eigenvalue weighted by molar-refractivity contribution is 6.33. The lowest BCUT2D eigenvalue weighted by atomic mass is 10.2. The molecule has 0 aliphatic heterocycles. The van der Waals surface area contributed by atoms with Gasteiger partial charge in [-0.1, -0.05) is 34.4 Å². The van der Waals surface area contributed by atoms with Gasteiger partial charge in [0, 0.05) is 19.0 Å². The van der Waals surface area contributed by atoms with Gasteiger partial charge in [0.2, 0.25) is 5.89 Å². The van der Waals surface area contributed by atoms with Crippen LogP contribution in [0, 0.1) is 13.8 Å². The summed E-state index contributed by atoms with van der Waals surface area (Å²) in [5.41, 5.74) is 1.50. The van der Waals surface area contributed by atoms with Crippen molar-refractivity contribution in [1.82, 2.24) is 19.9 Å². The van der Waals surface area contributed by atoms with Crippen molar-refractivity contribution in [3.63, 3.8) is 0 Å². The van der Waals surface area contributed by atoms with E-state index in [2.05, 4.69) is 15.2 Å². The largest absolute Gasteiger partial charge is 0.364 e. The Morgan fingerprint density at radius 3 is 2.68 bits per heavy atom. The number of rotatable bonds is 4. The molecular formula is C16H15Cl2N5O2. The minimum absolute atomic E-state index is 0.0504. The Bertz CT molecular complexity index is 983. The van der Waals surface area contributed by atoms with E-state index in [1.807, 2.05) is 13.0 Å². The quantitative estimate of drug-likeness (QED) is 0.692. The number of hydrogen-bond donors (Lipinski definition) is 0. The van der Waals surface area contributed by atoms with E-state index in [4.69, 9.17) is 27.7 Å². The predicted octanol–water partition coefficient (Wildman–Crippen LogP) is 3.18. The Morgan fingerprint density at radius 1 is 1.28 bits per heavy atom. The molecule has 7 nitrogen and oxygen atoms in total. The highest BCUT2D eigenvalue weighted by Crippen LogP contribution is 2.23. The molecule has 130 valence electrons. The van der Waals surface area contributed by atoms with Gasteiger partial charge < -0.3 is 9.42 Å². The molecule has 0 spiro atoms. The molecule has 9 heteroatoms. The number of hydrogen-bond acceptors (Lipinski definition) is 6. The van der Waals surface area contributed by atoms with Gasteiger partial charge in [0.15, 0.2) is 5.82 Å². The number of aryl methyl sites for hydroxylation is 2. The lowest BCUT2D eigenvalue weighted by Crippen LogP contribution is -2.26. The van der Waals surface area contributed by atoms with Crippen LogP contribution < -0.4 is 10.5 Å². The van der Waals surface area contributed by atoms with E-state index in [1.54, 1.807) is 31.0 Å². The van der Waals surface area contributed by atoms with Crippen molar-refractivity contribution < 1.29 is 4.52 Å². The molecule has 0 bridgehead atoms. The highest BCUT2D eigenvalue weighted by atomic mass is 35.5. The van der Waals surface area contributed by atoms with Crippen LogP contribution in [0.2, 0.25) is 10.0 Å². The summed E-state index contributed by atoms with van der Waals surface area (Å²) in [5, 5.41) is 8.63. The predicted molar refractivity (Wildman–Crippen MR) is 95.7 cm³/mol. The topological polar surface area (TPSA) is 77.1 Å². The van der Waals surface area contributed by atoms with Crippen LogP contribution in [-0.4, -0.2) is 27.0 Å². The minimum atomic E-state index is -0.435. The third-order valence-corrected chi connectivity index (χ3v) is 4.42. The number of benzene rings is 1. The standard InChI is InChI=1S/C16H15Cl2N5O2/c1-9-4-5-11(6-12(9)17)23-16(24)15(18)13(7-19-23)22(3)8-14-20-10(2)25-21-14/h4-7H,8H2,1-3H3. The van der Waals surface area contributed by atoms with E-state index in [0.29, 0.717) is 34.7 Å². The van der Waals surface area contributed by atoms with Gasteiger partial charge in [-0.15, -0.1) is 0 Å². The van der Waals surface area contributed by atoms with Crippen molar-refractivity contribution in [1.29, 1.82) is 0 Å². The number of nitrogens with zero attached hydrogens (tertiary/aromatic N) is 5. The molecule has 0 N–H and O–H groups in total. The van der Waals surface area contributed by atoms with Crippen molar-refractivity contribution in [3.05, 3.63) is 62.1 Å². The summed E-state index contributed by atoms with van der Waals surface area (Å²) in [4.78, 5) is 18.5. The molecule has 0 radical (unpaired) electrons. The lowest BCUT2D eigenvalue weighted by Gasteiger charge is -2.18. The third kappa shape index (κ3) is 3.52. The first-order chi connectivity index (χ1) is 11.9. The summed E-state index contributed by atoms with van der Waals surface area (Å²) in [6.07, 6.45) is 1.52. The zero-order valence-corrected chi connectivity index (χ0v) is 15.3. The minimum Gasteiger partial charge on any atom is -0.364 e. The van der Waals surface area contributed by atoms with E-state index in [1.165, 1.54) is 10.9 Å². The molecule has 0 saturated heterocycles. The van der Waals surface area contributed by atoms with E-state index >= 15 is 0 Å². The first-order valence-electron chi connectivity index (χ1n) is 7.41. The number of aromatic nitrogens is 4. The second-order valence-electron chi connectivity index (χ2n) is 5.58. The fraction of sp³-hybridized carbons (Fsp3) is 0.250. The van der Waals surface area contributed by atoms with Gasteiger partial charge in [-0.05, 0) is 24.6 Å². The van der Waals surface area contributed by atoms with Crippen LogP contribution in [0.15, 0.2) is 33.7 Å². The van der Waals surface area contributed by atoms with Crippen LogP contribution in [0.25, 0.3) is 5.69 Å². The first-order valence-corrected chi connectivity index (χ1v) is 8.17. The Hall–Kier alpha value is -2.38. The number of halogens is 2. The van der Waals surface area contributed by atoms with Gasteiger partial charge in [-0.25, -0.2) is 0 Å². The van der Waals surface area contributed by atoms with Crippen LogP contribution in [0.4, 0.5) is 5.69 Å². The second kappa shape index (κ2) is 6.85. The van der Waals surface area contributed by atoms with Crippen molar-refractivity contribution in [3.8, 4) is 5.69 Å². The normalized spacial score (nSPS) is 10.9. The van der Waals surface area contributed by atoms with Crippen molar-refractivity contribution in [2.24, 2.45) is 0 Å². The molecule has 0 atom stereocenters. The summed E-state index contributed by atoms with van der Waals surface area (Å²) < 4.78 is 6.15. The van der Waals surface area contributed by atoms with Gasteiger partial charge in [0.05, 0.1) is 24.1 Å². The SMILES string of the molecule is Cc1nc(CN(C)c2cnn(-c3ccc(C)c(Cl)c3)c(=O)c2Cl)no1. The molecule has 2 aromatic heterocycles. The van der Waals surface area contributed by atoms with E-state index in [-0.39, 0.29) is 5.02 Å². The summed E-state index contributed by atoms with van der Waals surface area (Å²) in [6.45, 7) is 3.92. The molecule has 0 unspecified atom stereocenters. The molecule has 2 heterocycles. The van der Waals surface area contributed by atoms with E-state index in [0.717, 1.165) is 5.56 Å². The summed E-state index contributed by atoms with van der Waals surface area (Å²) >= 11 is 12.4. The maximum Gasteiger partial charge on any atom is 0.292 e. The molecular weight excluding hydrogens is 365 g/mol. The Morgan fingerprint density at radius 2 is 2.04 bits per heavy atom. The first kappa shape index (κ1) is 17.4. The molecule has 0 aliphatic carbocycles. The maximum absolute atomic E-state index is 12.6. The smallest absolute Gasteiger partial charge is 0.292 e. The Balaban J connectivity index is 1.94. The van der Waals surface area contributed by atoms with Crippen LogP contribution in [0.3, 0.4) is 0 Å². The van der Waals surface area contributed by atoms with Gasteiger partial charge in [0.25, 0.3) is 5.56 Å². The molecule has 0 amide bonds. The summed E-state index contributed by atoms with van der Waals surface area (Å²) in [5.74, 6) is 0.963. The Labute approximate surface area is 153 Å². The third-order valence-electron chi connectivity index (χ3n) is 3.66. The van der Waals surface area contributed by atoms with Crippen LogP contribution in [-0.2, 0) is 6.54 Å². The van der Waals surface area contributed by atoms with Gasteiger partial charge in [0.1, 0.15) is 5.02 Å². The van der Waals surface area contributed by atoms with Crippen LogP contribution in [0.5, 0.6) is 0 Å². The average molecular weight is 380 g/mol. The highest BCUT2D eigenvalue weighted by Gasteiger charge is 2.16. The monoisotopic (exact) mass is 379 g/mol. The molecule has 3 rings (SSSR count). The molecule has 1 aromatic carbocycles. The maximum atomic E-state index is 12.6. The zero-order chi connectivity index (χ0) is 18.1. The molecule has 0 aliphatic rings. The van der Waals surface area contributed by atoms with Gasteiger partial charge in [-0.3, -0.25) is 4.79 Å². The van der Waals surface area contributed by atoms with Crippen molar-refractivity contribution in [2.45, 2.75) is 20.4 Å².